The first-order valence-electron chi connectivity index (χ1n) is 11.6. The molecule has 164 valence electrons. The van der Waals surface area contributed by atoms with Crippen LogP contribution < -0.4 is 4.74 Å². The first kappa shape index (κ1) is 20.7. The van der Waals surface area contributed by atoms with Gasteiger partial charge in [0.1, 0.15) is 5.75 Å². The largest absolute Gasteiger partial charge is 0.497 e. The Kier molecular flexibility index (Phi) is 6.17. The summed E-state index contributed by atoms with van der Waals surface area (Å²) < 4.78 is 7.76. The van der Waals surface area contributed by atoms with E-state index in [4.69, 9.17) is 9.72 Å². The van der Waals surface area contributed by atoms with Crippen LogP contribution in [0.25, 0.3) is 33.3 Å². The fraction of sp³-hybridized carbons (Fsp3) is 0.333. The summed E-state index contributed by atoms with van der Waals surface area (Å²) in [6.07, 6.45) is 13.2. The molecule has 0 spiro atoms. The van der Waals surface area contributed by atoms with E-state index in [1.54, 1.807) is 7.11 Å². The highest BCUT2D eigenvalue weighted by Gasteiger charge is 2.14. The number of pyridine rings is 2. The molecule has 5 nitrogen and oxygen atoms in total. The molecule has 1 aromatic carbocycles. The lowest BCUT2D eigenvalue weighted by Crippen LogP contribution is -2.31. The Morgan fingerprint density at radius 2 is 1.78 bits per heavy atom. The molecule has 3 aromatic heterocycles. The number of likely N-dealkylation sites (tertiary alicyclic amines) is 1. The van der Waals surface area contributed by atoms with Crippen LogP contribution in [0.15, 0.2) is 67.3 Å². The maximum Gasteiger partial charge on any atom is 0.119 e. The molecule has 0 bridgehead atoms. The van der Waals surface area contributed by atoms with Gasteiger partial charge in [-0.25, -0.2) is 0 Å². The minimum Gasteiger partial charge on any atom is -0.497 e. The molecule has 0 N–H and O–H groups in total. The summed E-state index contributed by atoms with van der Waals surface area (Å²) in [4.78, 5) is 11.9. The van der Waals surface area contributed by atoms with Crippen LogP contribution in [0.1, 0.15) is 25.7 Å². The van der Waals surface area contributed by atoms with Crippen molar-refractivity contribution in [3.63, 3.8) is 0 Å². The van der Waals surface area contributed by atoms with Crippen molar-refractivity contribution >= 4 is 11.0 Å². The molecule has 0 unspecified atom stereocenters. The van der Waals surface area contributed by atoms with Crippen molar-refractivity contribution in [3.8, 4) is 28.0 Å². The van der Waals surface area contributed by atoms with Crippen molar-refractivity contribution in [3.05, 3.63) is 67.3 Å². The molecule has 0 radical (unpaired) electrons. The molecule has 1 saturated heterocycles. The van der Waals surface area contributed by atoms with Gasteiger partial charge in [-0.15, -0.1) is 0 Å². The molecule has 32 heavy (non-hydrogen) atoms. The van der Waals surface area contributed by atoms with Gasteiger partial charge in [0.15, 0.2) is 0 Å². The molecule has 1 fully saturated rings. The standard InChI is InChI=1S/C27H30N4O/c1-32-24-9-5-8-21(17-24)22-16-23(19-28-18-22)25-20-31(26-10-6-11-29-27(25)26)15-7-14-30-12-3-2-4-13-30/h5-6,8-11,16-20H,2-4,7,12-15H2,1H3. The minimum absolute atomic E-state index is 0.847. The molecule has 1 aliphatic rings. The van der Waals surface area contributed by atoms with Gasteiger partial charge in [-0.2, -0.15) is 0 Å². The first-order chi connectivity index (χ1) is 15.8. The summed E-state index contributed by atoms with van der Waals surface area (Å²) in [6.45, 7) is 4.67. The number of hydrogen-bond donors (Lipinski definition) is 0. The zero-order valence-corrected chi connectivity index (χ0v) is 18.7. The van der Waals surface area contributed by atoms with Crippen molar-refractivity contribution < 1.29 is 4.74 Å². The van der Waals surface area contributed by atoms with Crippen LogP contribution in [0.2, 0.25) is 0 Å². The van der Waals surface area contributed by atoms with Crippen LogP contribution in [-0.2, 0) is 6.54 Å². The maximum atomic E-state index is 5.40. The molecular formula is C27H30N4O. The van der Waals surface area contributed by atoms with Crippen LogP contribution in [0.5, 0.6) is 5.75 Å². The summed E-state index contributed by atoms with van der Waals surface area (Å²) in [7, 11) is 1.69. The number of fused-ring (bicyclic) bond motifs is 1. The zero-order valence-electron chi connectivity index (χ0n) is 18.7. The lowest BCUT2D eigenvalue weighted by Gasteiger charge is -2.26. The van der Waals surface area contributed by atoms with Crippen molar-refractivity contribution in [1.29, 1.82) is 0 Å². The summed E-state index contributed by atoms with van der Waals surface area (Å²) in [5.74, 6) is 0.847. The van der Waals surface area contributed by atoms with Gasteiger partial charge in [0.05, 0.1) is 18.1 Å². The molecule has 0 atom stereocenters. The monoisotopic (exact) mass is 426 g/mol. The third-order valence-corrected chi connectivity index (χ3v) is 6.41. The van der Waals surface area contributed by atoms with Crippen molar-refractivity contribution in [2.75, 3.05) is 26.7 Å². The van der Waals surface area contributed by atoms with E-state index in [0.29, 0.717) is 0 Å². The number of piperidine rings is 1. The third kappa shape index (κ3) is 4.39. The highest BCUT2D eigenvalue weighted by Crippen LogP contribution is 2.32. The van der Waals surface area contributed by atoms with E-state index >= 15 is 0 Å². The van der Waals surface area contributed by atoms with Gasteiger partial charge < -0.3 is 14.2 Å². The molecule has 5 heteroatoms. The average molecular weight is 427 g/mol. The zero-order chi connectivity index (χ0) is 21.8. The molecule has 0 amide bonds. The van der Waals surface area contributed by atoms with Crippen molar-refractivity contribution in [1.82, 2.24) is 19.4 Å². The lowest BCUT2D eigenvalue weighted by atomic mass is 10.0. The second-order valence-corrected chi connectivity index (χ2v) is 8.56. The molecular weight excluding hydrogens is 396 g/mol. The number of aromatic nitrogens is 3. The van der Waals surface area contributed by atoms with E-state index in [0.717, 1.165) is 46.5 Å². The highest BCUT2D eigenvalue weighted by molar-refractivity contribution is 5.93. The molecule has 1 aliphatic heterocycles. The van der Waals surface area contributed by atoms with Gasteiger partial charge in [-0.3, -0.25) is 9.97 Å². The molecule has 0 aliphatic carbocycles. The topological polar surface area (TPSA) is 43.2 Å². The van der Waals surface area contributed by atoms with E-state index in [1.807, 2.05) is 42.9 Å². The van der Waals surface area contributed by atoms with Crippen LogP contribution in [-0.4, -0.2) is 46.2 Å². The van der Waals surface area contributed by atoms with Crippen molar-refractivity contribution in [2.24, 2.45) is 0 Å². The van der Waals surface area contributed by atoms with E-state index < -0.39 is 0 Å². The Morgan fingerprint density at radius 1 is 0.906 bits per heavy atom. The fourth-order valence-corrected chi connectivity index (χ4v) is 4.71. The summed E-state index contributed by atoms with van der Waals surface area (Å²) in [5.41, 5.74) is 6.61. The normalized spacial score (nSPS) is 14.7. The second-order valence-electron chi connectivity index (χ2n) is 8.56. The Labute approximate surface area is 189 Å². The van der Waals surface area contributed by atoms with E-state index in [1.165, 1.54) is 44.4 Å². The smallest absolute Gasteiger partial charge is 0.119 e. The highest BCUT2D eigenvalue weighted by atomic mass is 16.5. The maximum absolute atomic E-state index is 5.40. The summed E-state index contributed by atoms with van der Waals surface area (Å²) >= 11 is 0. The fourth-order valence-electron chi connectivity index (χ4n) is 4.71. The Hall–Kier alpha value is -3.18. The van der Waals surface area contributed by atoms with Gasteiger partial charge in [0.2, 0.25) is 0 Å². The van der Waals surface area contributed by atoms with E-state index in [9.17, 15) is 0 Å². The van der Waals surface area contributed by atoms with Gasteiger partial charge in [-0.1, -0.05) is 18.6 Å². The van der Waals surface area contributed by atoms with Gasteiger partial charge in [-0.05, 0) is 74.8 Å². The molecule has 4 aromatic rings. The van der Waals surface area contributed by atoms with E-state index in [2.05, 4.69) is 38.8 Å². The van der Waals surface area contributed by atoms with Gasteiger partial charge in [0, 0.05) is 48.0 Å². The number of aryl methyl sites for hydroxylation is 1. The molecule has 0 saturated carbocycles. The Balaban J connectivity index is 1.43. The Bertz CT molecular complexity index is 1190. The first-order valence-corrected chi connectivity index (χ1v) is 11.6. The second kappa shape index (κ2) is 9.53. The van der Waals surface area contributed by atoms with Crippen LogP contribution in [0.4, 0.5) is 0 Å². The van der Waals surface area contributed by atoms with Crippen LogP contribution in [0, 0.1) is 0 Å². The van der Waals surface area contributed by atoms with Gasteiger partial charge >= 0.3 is 0 Å². The van der Waals surface area contributed by atoms with Crippen LogP contribution >= 0.6 is 0 Å². The number of ether oxygens (including phenoxy) is 1. The number of methoxy groups -OCH3 is 1. The predicted molar refractivity (Wildman–Crippen MR) is 130 cm³/mol. The predicted octanol–water partition coefficient (Wildman–Crippen LogP) is 5.65. The Morgan fingerprint density at radius 3 is 2.66 bits per heavy atom. The van der Waals surface area contributed by atoms with Gasteiger partial charge in [0.25, 0.3) is 0 Å². The lowest BCUT2D eigenvalue weighted by molar-refractivity contribution is 0.223. The van der Waals surface area contributed by atoms with E-state index in [-0.39, 0.29) is 0 Å². The quantitative estimate of drug-likeness (QED) is 0.383. The number of rotatable bonds is 7. The minimum atomic E-state index is 0.847. The summed E-state index contributed by atoms with van der Waals surface area (Å²) in [5, 5.41) is 0. The van der Waals surface area contributed by atoms with Crippen LogP contribution in [0.3, 0.4) is 0 Å². The summed E-state index contributed by atoms with van der Waals surface area (Å²) in [6, 6.07) is 14.5. The number of nitrogens with zero attached hydrogens (tertiary/aromatic N) is 4. The SMILES string of the molecule is COc1cccc(-c2cncc(-c3cn(CCCN4CCCCC4)c4cccnc34)c2)c1. The number of hydrogen-bond acceptors (Lipinski definition) is 4. The van der Waals surface area contributed by atoms with Crippen molar-refractivity contribution in [2.45, 2.75) is 32.2 Å². The third-order valence-electron chi connectivity index (χ3n) is 6.41. The molecule has 5 rings (SSSR count). The molecule has 4 heterocycles. The average Bonchev–Trinajstić information content (AvgIpc) is 3.23. The number of benzene rings is 1.